The first-order valence-electron chi connectivity index (χ1n) is 12.1. The Kier molecular flexibility index (Phi) is 9.50. The zero-order valence-electron chi connectivity index (χ0n) is 21.7. The summed E-state index contributed by atoms with van der Waals surface area (Å²) < 4.78 is 20.7. The molecule has 2 aromatic carbocycles. The molecule has 1 aliphatic heterocycles. The molecule has 0 saturated carbocycles. The SMILES string of the molecule is CCOC(=O)C1=C(C)N=c2s/c(=C/c3cc(I)c(OCC#N)c(I)c3)c(=O)n2[C@H]1c1ccccc1OC(C)C. The quantitative estimate of drug-likeness (QED) is 0.244. The van der Waals surface area contributed by atoms with Crippen molar-refractivity contribution in [3.8, 4) is 17.6 Å². The van der Waals surface area contributed by atoms with Gasteiger partial charge in [-0.2, -0.15) is 5.26 Å². The number of thiazole rings is 1. The molecule has 0 spiro atoms. The molecule has 1 aromatic heterocycles. The summed E-state index contributed by atoms with van der Waals surface area (Å²) in [6.07, 6.45) is 1.70. The number of halogens is 2. The third-order valence-corrected chi connectivity index (χ3v) is 8.28. The van der Waals surface area contributed by atoms with Gasteiger partial charge in [-0.25, -0.2) is 9.79 Å². The molecule has 2 heterocycles. The molecule has 1 aliphatic rings. The lowest BCUT2D eigenvalue weighted by atomic mass is 9.95. The van der Waals surface area contributed by atoms with Crippen molar-refractivity contribution in [2.75, 3.05) is 13.2 Å². The average molecular weight is 769 g/mol. The summed E-state index contributed by atoms with van der Waals surface area (Å²) in [6, 6.07) is 12.4. The van der Waals surface area contributed by atoms with Crippen LogP contribution in [0.4, 0.5) is 0 Å². The first-order chi connectivity index (χ1) is 18.7. The Bertz CT molecular complexity index is 1660. The standard InChI is InChI=1S/C28H25I2N3O5S/c1-5-36-27(35)23-16(4)32-28-33(24(23)18-8-6-7-9-21(18)38-15(2)3)26(34)22(39-28)14-17-12-19(29)25(20(30)13-17)37-11-10-31/h6-9,12-15,24H,5,11H2,1-4H3/b22-14+/t24-/m0/s1. The highest BCUT2D eigenvalue weighted by Gasteiger charge is 2.35. The van der Waals surface area contributed by atoms with Gasteiger partial charge in [-0.05, 0) is 103 Å². The van der Waals surface area contributed by atoms with Gasteiger partial charge in [-0.1, -0.05) is 29.5 Å². The molecule has 3 aromatic rings. The van der Waals surface area contributed by atoms with E-state index in [0.29, 0.717) is 37.7 Å². The van der Waals surface area contributed by atoms with Crippen LogP contribution >= 0.6 is 56.5 Å². The molecule has 0 unspecified atom stereocenters. The normalized spacial score (nSPS) is 15.0. The molecule has 39 heavy (non-hydrogen) atoms. The van der Waals surface area contributed by atoms with E-state index in [9.17, 15) is 9.59 Å². The van der Waals surface area contributed by atoms with E-state index in [1.807, 2.05) is 56.3 Å². The van der Waals surface area contributed by atoms with Gasteiger partial charge in [0.15, 0.2) is 11.4 Å². The molecule has 0 fully saturated rings. The summed E-state index contributed by atoms with van der Waals surface area (Å²) >= 11 is 5.57. The topological polar surface area (TPSA) is 103 Å². The number of allylic oxidation sites excluding steroid dienone is 1. The predicted octanol–water partition coefficient (Wildman–Crippen LogP) is 4.70. The Balaban J connectivity index is 1.93. The van der Waals surface area contributed by atoms with Gasteiger partial charge < -0.3 is 14.2 Å². The van der Waals surface area contributed by atoms with E-state index in [4.69, 9.17) is 19.5 Å². The van der Waals surface area contributed by atoms with Gasteiger partial charge in [0.1, 0.15) is 23.6 Å². The molecule has 11 heteroatoms. The van der Waals surface area contributed by atoms with E-state index in [1.54, 1.807) is 24.5 Å². The van der Waals surface area contributed by atoms with E-state index in [1.165, 1.54) is 11.3 Å². The zero-order valence-corrected chi connectivity index (χ0v) is 26.8. The maximum absolute atomic E-state index is 13.9. The third kappa shape index (κ3) is 6.22. The monoisotopic (exact) mass is 769 g/mol. The van der Waals surface area contributed by atoms with Crippen molar-refractivity contribution in [1.82, 2.24) is 4.57 Å². The van der Waals surface area contributed by atoms with Crippen LogP contribution in [-0.4, -0.2) is 29.9 Å². The number of esters is 1. The van der Waals surface area contributed by atoms with E-state index in [2.05, 4.69) is 50.2 Å². The fourth-order valence-electron chi connectivity index (χ4n) is 4.21. The molecular formula is C28H25I2N3O5S. The lowest BCUT2D eigenvalue weighted by Crippen LogP contribution is -2.40. The van der Waals surface area contributed by atoms with Crippen molar-refractivity contribution in [2.45, 2.75) is 39.8 Å². The van der Waals surface area contributed by atoms with Gasteiger partial charge >= 0.3 is 5.97 Å². The number of nitriles is 1. The second-order valence-electron chi connectivity index (χ2n) is 8.77. The van der Waals surface area contributed by atoms with Crippen molar-refractivity contribution in [3.63, 3.8) is 0 Å². The number of carbonyl (C=O) groups is 1. The highest BCUT2D eigenvalue weighted by molar-refractivity contribution is 14.1. The van der Waals surface area contributed by atoms with Crippen LogP contribution in [0.1, 0.15) is 44.9 Å². The summed E-state index contributed by atoms with van der Waals surface area (Å²) in [6.45, 7) is 7.50. The maximum atomic E-state index is 13.9. The van der Waals surface area contributed by atoms with Crippen LogP contribution in [0.25, 0.3) is 6.08 Å². The van der Waals surface area contributed by atoms with Crippen LogP contribution < -0.4 is 24.4 Å². The summed E-state index contributed by atoms with van der Waals surface area (Å²) in [5.74, 6) is 0.697. The average Bonchev–Trinajstić information content (AvgIpc) is 3.17. The van der Waals surface area contributed by atoms with Gasteiger partial charge in [0, 0.05) is 5.56 Å². The summed E-state index contributed by atoms with van der Waals surface area (Å²) in [4.78, 5) is 32.3. The Morgan fingerprint density at radius 2 is 1.95 bits per heavy atom. The Morgan fingerprint density at radius 1 is 1.26 bits per heavy atom. The van der Waals surface area contributed by atoms with Crippen molar-refractivity contribution in [2.24, 2.45) is 4.99 Å². The molecule has 0 saturated heterocycles. The number of ether oxygens (including phenoxy) is 3. The Labute approximate surface area is 256 Å². The summed E-state index contributed by atoms with van der Waals surface area (Å²) in [5, 5.41) is 8.86. The number of rotatable bonds is 8. The fourth-order valence-corrected chi connectivity index (χ4v) is 7.38. The van der Waals surface area contributed by atoms with Crippen molar-refractivity contribution < 1.29 is 19.0 Å². The summed E-state index contributed by atoms with van der Waals surface area (Å²) in [5.41, 5.74) is 2.01. The van der Waals surface area contributed by atoms with Crippen LogP contribution in [0.3, 0.4) is 0 Å². The van der Waals surface area contributed by atoms with E-state index < -0.39 is 12.0 Å². The number of hydrogen-bond acceptors (Lipinski definition) is 8. The minimum Gasteiger partial charge on any atom is -0.491 e. The van der Waals surface area contributed by atoms with E-state index in [-0.39, 0.29) is 24.9 Å². The Hall–Kier alpha value is -2.70. The Morgan fingerprint density at radius 3 is 2.59 bits per heavy atom. The first kappa shape index (κ1) is 29.3. The molecule has 4 rings (SSSR count). The van der Waals surface area contributed by atoms with E-state index >= 15 is 0 Å². The van der Waals surface area contributed by atoms with Crippen LogP contribution in [0.15, 0.2) is 57.5 Å². The molecule has 0 bridgehead atoms. The second kappa shape index (κ2) is 12.6. The molecule has 202 valence electrons. The first-order valence-corrected chi connectivity index (χ1v) is 15.1. The summed E-state index contributed by atoms with van der Waals surface area (Å²) in [7, 11) is 0. The smallest absolute Gasteiger partial charge is 0.338 e. The number of aromatic nitrogens is 1. The van der Waals surface area contributed by atoms with Crippen molar-refractivity contribution >= 4 is 68.6 Å². The van der Waals surface area contributed by atoms with Crippen LogP contribution in [0, 0.1) is 18.5 Å². The minimum absolute atomic E-state index is 0.0475. The van der Waals surface area contributed by atoms with Gasteiger partial charge in [0.25, 0.3) is 5.56 Å². The molecule has 0 radical (unpaired) electrons. The fraction of sp³-hybridized carbons (Fsp3) is 0.286. The molecule has 0 amide bonds. The van der Waals surface area contributed by atoms with Crippen molar-refractivity contribution in [3.05, 3.63) is 85.6 Å². The highest BCUT2D eigenvalue weighted by Crippen LogP contribution is 2.36. The van der Waals surface area contributed by atoms with Crippen LogP contribution in [0.5, 0.6) is 11.5 Å². The van der Waals surface area contributed by atoms with Gasteiger partial charge in [0.2, 0.25) is 0 Å². The van der Waals surface area contributed by atoms with Gasteiger partial charge in [-0.3, -0.25) is 9.36 Å². The maximum Gasteiger partial charge on any atom is 0.338 e. The number of nitrogens with zero attached hydrogens (tertiary/aromatic N) is 3. The molecule has 1 atom stereocenters. The number of fused-ring (bicyclic) bond motifs is 1. The molecular weight excluding hydrogens is 744 g/mol. The number of hydrogen-bond donors (Lipinski definition) is 0. The predicted molar refractivity (Wildman–Crippen MR) is 166 cm³/mol. The molecule has 8 nitrogen and oxygen atoms in total. The lowest BCUT2D eigenvalue weighted by Gasteiger charge is -2.26. The molecule has 0 N–H and O–H groups in total. The second-order valence-corrected chi connectivity index (χ2v) is 12.1. The van der Waals surface area contributed by atoms with Gasteiger partial charge in [-0.15, -0.1) is 0 Å². The largest absolute Gasteiger partial charge is 0.491 e. The minimum atomic E-state index is -0.764. The zero-order chi connectivity index (χ0) is 28.3. The molecule has 0 aliphatic carbocycles. The lowest BCUT2D eigenvalue weighted by molar-refractivity contribution is -0.139. The third-order valence-electron chi connectivity index (χ3n) is 5.69. The number of carbonyl (C=O) groups excluding carboxylic acids is 1. The highest BCUT2D eigenvalue weighted by atomic mass is 127. The van der Waals surface area contributed by atoms with Crippen LogP contribution in [0.2, 0.25) is 0 Å². The van der Waals surface area contributed by atoms with Gasteiger partial charge in [0.05, 0.1) is 35.7 Å². The number of benzene rings is 2. The van der Waals surface area contributed by atoms with E-state index in [0.717, 1.165) is 12.7 Å². The van der Waals surface area contributed by atoms with Crippen molar-refractivity contribution in [1.29, 1.82) is 5.26 Å². The number of para-hydroxylation sites is 1. The van der Waals surface area contributed by atoms with Crippen LogP contribution in [-0.2, 0) is 9.53 Å².